The number of rotatable bonds is 7. The minimum absolute atomic E-state index is 0.0000998. The number of nitrogens with one attached hydrogen (secondary N) is 1. The lowest BCUT2D eigenvalue weighted by Gasteiger charge is -2.32. The molecule has 5 nitrogen and oxygen atoms in total. The molecule has 2 aromatic rings. The first-order chi connectivity index (χ1) is 13.6. The summed E-state index contributed by atoms with van der Waals surface area (Å²) in [5.74, 6) is -0.0403. The highest BCUT2D eigenvalue weighted by Crippen LogP contribution is 2.16. The molecule has 0 radical (unpaired) electrons. The van der Waals surface area contributed by atoms with Crippen LogP contribution in [0.5, 0.6) is 0 Å². The van der Waals surface area contributed by atoms with E-state index in [0.717, 1.165) is 30.5 Å². The average Bonchev–Trinajstić information content (AvgIpc) is 3.27. The van der Waals surface area contributed by atoms with Crippen LogP contribution in [0, 0.1) is 0 Å². The zero-order chi connectivity index (χ0) is 19.9. The second-order valence-corrected chi connectivity index (χ2v) is 7.48. The number of carbonyl (C=O) groups excluding carboxylic acids is 2. The lowest BCUT2D eigenvalue weighted by atomic mass is 10.0. The number of hydrogen-bond acceptors (Lipinski definition) is 3. The third kappa shape index (κ3) is 4.98. The summed E-state index contributed by atoms with van der Waals surface area (Å²) in [5, 5.41) is 3.25. The van der Waals surface area contributed by atoms with E-state index in [1.54, 1.807) is 23.9 Å². The lowest BCUT2D eigenvalue weighted by Crippen LogP contribution is -2.53. The number of likely N-dealkylation sites (N-methyl/N-ethyl adjacent to an activating group) is 2. The maximum absolute atomic E-state index is 13.3. The van der Waals surface area contributed by atoms with Crippen LogP contribution in [-0.4, -0.2) is 54.3 Å². The summed E-state index contributed by atoms with van der Waals surface area (Å²) >= 11 is 0. The summed E-state index contributed by atoms with van der Waals surface area (Å²) < 4.78 is 0. The second-order valence-electron chi connectivity index (χ2n) is 7.48. The lowest BCUT2D eigenvalue weighted by molar-refractivity contribution is -0.145. The Morgan fingerprint density at radius 2 is 1.61 bits per heavy atom. The normalized spacial score (nSPS) is 17.1. The molecule has 3 rings (SSSR count). The molecule has 1 N–H and O–H groups in total. The molecule has 2 aromatic carbocycles. The SMILES string of the molecule is CN(Cc1ccccc1)C(=O)[C@H](Cc1ccccc1)N(C)C(=O)[C@@H]1CCCN1. The third-order valence-electron chi connectivity index (χ3n) is 5.37. The highest BCUT2D eigenvalue weighted by molar-refractivity contribution is 5.90. The zero-order valence-electron chi connectivity index (χ0n) is 16.7. The molecule has 0 aliphatic carbocycles. The van der Waals surface area contributed by atoms with Gasteiger partial charge < -0.3 is 15.1 Å². The highest BCUT2D eigenvalue weighted by atomic mass is 16.2. The van der Waals surface area contributed by atoms with E-state index < -0.39 is 6.04 Å². The van der Waals surface area contributed by atoms with Crippen molar-refractivity contribution >= 4 is 11.8 Å². The van der Waals surface area contributed by atoms with Crippen LogP contribution in [0.1, 0.15) is 24.0 Å². The fourth-order valence-electron chi connectivity index (χ4n) is 3.71. The van der Waals surface area contributed by atoms with Crippen molar-refractivity contribution in [3.05, 3.63) is 71.8 Å². The van der Waals surface area contributed by atoms with Crippen molar-refractivity contribution in [3.63, 3.8) is 0 Å². The van der Waals surface area contributed by atoms with E-state index in [1.165, 1.54) is 0 Å². The number of nitrogens with zero attached hydrogens (tertiary/aromatic N) is 2. The van der Waals surface area contributed by atoms with Gasteiger partial charge in [-0.05, 0) is 30.5 Å². The van der Waals surface area contributed by atoms with E-state index in [2.05, 4.69) is 5.32 Å². The van der Waals surface area contributed by atoms with Crippen LogP contribution in [0.25, 0.3) is 0 Å². The molecule has 0 aromatic heterocycles. The van der Waals surface area contributed by atoms with Crippen LogP contribution >= 0.6 is 0 Å². The van der Waals surface area contributed by atoms with Gasteiger partial charge in [-0.2, -0.15) is 0 Å². The minimum atomic E-state index is -0.522. The first kappa shape index (κ1) is 20.1. The van der Waals surface area contributed by atoms with Gasteiger partial charge >= 0.3 is 0 Å². The molecule has 1 saturated heterocycles. The van der Waals surface area contributed by atoms with Gasteiger partial charge in [0.15, 0.2) is 0 Å². The van der Waals surface area contributed by atoms with Gasteiger partial charge in [0.2, 0.25) is 11.8 Å². The Labute approximate surface area is 167 Å². The van der Waals surface area contributed by atoms with E-state index in [-0.39, 0.29) is 17.9 Å². The fourth-order valence-corrected chi connectivity index (χ4v) is 3.71. The average molecular weight is 380 g/mol. The van der Waals surface area contributed by atoms with Gasteiger partial charge in [0.1, 0.15) is 6.04 Å². The molecule has 1 heterocycles. The number of hydrogen-bond donors (Lipinski definition) is 1. The van der Waals surface area contributed by atoms with Gasteiger partial charge in [-0.15, -0.1) is 0 Å². The number of carbonyl (C=O) groups is 2. The largest absolute Gasteiger partial charge is 0.340 e. The van der Waals surface area contributed by atoms with E-state index in [1.807, 2.05) is 60.7 Å². The van der Waals surface area contributed by atoms with Crippen molar-refractivity contribution < 1.29 is 9.59 Å². The second kappa shape index (κ2) is 9.51. The molecule has 2 atom stereocenters. The molecule has 2 amide bonds. The van der Waals surface area contributed by atoms with Crippen LogP contribution in [0.15, 0.2) is 60.7 Å². The van der Waals surface area contributed by atoms with Crippen LogP contribution in [-0.2, 0) is 22.6 Å². The first-order valence-corrected chi connectivity index (χ1v) is 9.89. The van der Waals surface area contributed by atoms with Gasteiger partial charge in [0.05, 0.1) is 6.04 Å². The fraction of sp³-hybridized carbons (Fsp3) is 0.391. The van der Waals surface area contributed by atoms with Gasteiger partial charge in [-0.1, -0.05) is 60.7 Å². The molecular weight excluding hydrogens is 350 g/mol. The molecule has 148 valence electrons. The molecule has 0 saturated carbocycles. The van der Waals surface area contributed by atoms with Gasteiger partial charge in [0, 0.05) is 27.1 Å². The quantitative estimate of drug-likeness (QED) is 0.804. The monoisotopic (exact) mass is 379 g/mol. The van der Waals surface area contributed by atoms with Crippen molar-refractivity contribution in [1.82, 2.24) is 15.1 Å². The summed E-state index contributed by atoms with van der Waals surface area (Å²) in [6.07, 6.45) is 2.33. The molecule has 28 heavy (non-hydrogen) atoms. The van der Waals surface area contributed by atoms with E-state index in [4.69, 9.17) is 0 Å². The summed E-state index contributed by atoms with van der Waals surface area (Å²) in [5.41, 5.74) is 2.12. The standard InChI is InChI=1S/C23H29N3O2/c1-25(17-19-12-7-4-8-13-19)23(28)21(16-18-10-5-3-6-11-18)26(2)22(27)20-14-9-15-24-20/h3-8,10-13,20-21,24H,9,14-17H2,1-2H3/t20-,21-/m0/s1. The minimum Gasteiger partial charge on any atom is -0.340 e. The van der Waals surface area contributed by atoms with Crippen LogP contribution in [0.2, 0.25) is 0 Å². The predicted molar refractivity (Wildman–Crippen MR) is 111 cm³/mol. The van der Waals surface area contributed by atoms with Gasteiger partial charge in [-0.25, -0.2) is 0 Å². The van der Waals surface area contributed by atoms with Crippen molar-refractivity contribution in [2.24, 2.45) is 0 Å². The molecular formula is C23H29N3O2. The predicted octanol–water partition coefficient (Wildman–Crippen LogP) is 2.47. The van der Waals surface area contributed by atoms with E-state index in [9.17, 15) is 9.59 Å². The third-order valence-corrected chi connectivity index (χ3v) is 5.37. The Bertz CT molecular complexity index is 773. The Hall–Kier alpha value is -2.66. The molecule has 1 fully saturated rings. The van der Waals surface area contributed by atoms with Gasteiger partial charge in [0.25, 0.3) is 0 Å². The Balaban J connectivity index is 1.77. The summed E-state index contributed by atoms with van der Waals surface area (Å²) in [7, 11) is 3.56. The van der Waals surface area contributed by atoms with Crippen molar-refractivity contribution in [1.29, 1.82) is 0 Å². The number of benzene rings is 2. The van der Waals surface area contributed by atoms with Crippen molar-refractivity contribution in [2.75, 3.05) is 20.6 Å². The van der Waals surface area contributed by atoms with Crippen LogP contribution in [0.3, 0.4) is 0 Å². The smallest absolute Gasteiger partial charge is 0.245 e. The molecule has 0 unspecified atom stereocenters. The topological polar surface area (TPSA) is 52.7 Å². The summed E-state index contributed by atoms with van der Waals surface area (Å²) in [6, 6.07) is 19.1. The number of amides is 2. The summed E-state index contributed by atoms with van der Waals surface area (Å²) in [4.78, 5) is 29.6. The molecule has 1 aliphatic heterocycles. The Morgan fingerprint density at radius 3 is 2.18 bits per heavy atom. The maximum Gasteiger partial charge on any atom is 0.245 e. The van der Waals surface area contributed by atoms with Crippen molar-refractivity contribution in [3.8, 4) is 0 Å². The first-order valence-electron chi connectivity index (χ1n) is 9.89. The Morgan fingerprint density at radius 1 is 1.00 bits per heavy atom. The van der Waals surface area contributed by atoms with E-state index in [0.29, 0.717) is 13.0 Å². The maximum atomic E-state index is 13.3. The molecule has 0 spiro atoms. The van der Waals surface area contributed by atoms with Crippen LogP contribution < -0.4 is 5.32 Å². The molecule has 5 heteroatoms. The van der Waals surface area contributed by atoms with Gasteiger partial charge in [-0.3, -0.25) is 9.59 Å². The highest BCUT2D eigenvalue weighted by Gasteiger charge is 2.33. The molecule has 0 bridgehead atoms. The molecule has 1 aliphatic rings. The van der Waals surface area contributed by atoms with Crippen LogP contribution in [0.4, 0.5) is 0 Å². The summed E-state index contributed by atoms with van der Waals surface area (Å²) in [6.45, 7) is 1.38. The van der Waals surface area contributed by atoms with E-state index >= 15 is 0 Å². The Kier molecular flexibility index (Phi) is 6.82. The van der Waals surface area contributed by atoms with Crippen molar-refractivity contribution in [2.45, 2.75) is 37.9 Å². The zero-order valence-corrected chi connectivity index (χ0v) is 16.7.